The van der Waals surface area contributed by atoms with Crippen LogP contribution in [0, 0.1) is 0 Å². The smallest absolute Gasteiger partial charge is 0.238 e. The predicted octanol–water partition coefficient (Wildman–Crippen LogP) is 13.8. The summed E-state index contributed by atoms with van der Waals surface area (Å²) in [6, 6.07) is 60.1. The predicted molar refractivity (Wildman–Crippen MR) is 252 cm³/mol. The molecule has 4 aromatic heterocycles. The van der Waals surface area contributed by atoms with E-state index < -0.39 is 0 Å². The fourth-order valence-electron chi connectivity index (χ4n) is 9.01. The molecule has 7 aromatic carbocycles. The Balaban J connectivity index is 0.979. The number of rotatable bonds is 6. The van der Waals surface area contributed by atoms with Gasteiger partial charge in [0.1, 0.15) is 5.69 Å². The largest absolute Gasteiger partial charge is 0.453 e. The van der Waals surface area contributed by atoms with Crippen LogP contribution in [0.3, 0.4) is 0 Å². The zero-order valence-corrected chi connectivity index (χ0v) is 34.0. The van der Waals surface area contributed by atoms with Gasteiger partial charge in [0.05, 0.1) is 22.4 Å². The number of nitrogens with zero attached hydrogens (tertiary/aromatic N) is 7. The zero-order chi connectivity index (χ0) is 42.1. The van der Waals surface area contributed by atoms with Crippen molar-refractivity contribution in [3.05, 3.63) is 201 Å². The van der Waals surface area contributed by atoms with Crippen molar-refractivity contribution in [2.24, 2.45) is 0 Å². The number of para-hydroxylation sites is 1. The lowest BCUT2D eigenvalue weighted by atomic mass is 9.98. The second-order valence-corrected chi connectivity index (χ2v) is 15.8. The van der Waals surface area contributed by atoms with E-state index in [9.17, 15) is 0 Å². The maximum atomic E-state index is 6.90. The fourth-order valence-corrected chi connectivity index (χ4v) is 9.01. The fraction of sp³-hybridized carbons (Fsp3) is 0. The van der Waals surface area contributed by atoms with Gasteiger partial charge in [0.15, 0.2) is 34.6 Å². The summed E-state index contributed by atoms with van der Waals surface area (Å²) in [5.74, 6) is 4.64. The van der Waals surface area contributed by atoms with Gasteiger partial charge in [-0.3, -0.25) is 19.4 Å². The SMILES string of the molecule is c1ccc(-c2nc(-c3ccccc3)nc(-n3c4ccccc4c4cc(-c5cc6c7c(c5)Oc5cc(-c8ccncc8)ccc5N7c5ccc(-c7ccncc7)cc5O6)ccc43)n2)cc1. The van der Waals surface area contributed by atoms with Crippen LogP contribution in [0.1, 0.15) is 0 Å². The average Bonchev–Trinajstić information content (AvgIpc) is 3.70. The number of benzene rings is 7. The molecule has 2 aliphatic rings. The van der Waals surface area contributed by atoms with Crippen molar-refractivity contribution in [3.63, 3.8) is 0 Å². The van der Waals surface area contributed by atoms with Crippen LogP contribution in [0.5, 0.6) is 23.0 Å². The van der Waals surface area contributed by atoms with E-state index in [1.54, 1.807) is 0 Å². The number of anilines is 3. The highest BCUT2D eigenvalue weighted by molar-refractivity contribution is 6.10. The van der Waals surface area contributed by atoms with Crippen LogP contribution in [0.15, 0.2) is 201 Å². The molecule has 0 N–H and O–H groups in total. The average molecular weight is 824 g/mol. The lowest BCUT2D eigenvalue weighted by molar-refractivity contribution is 0.446. The van der Waals surface area contributed by atoms with Gasteiger partial charge in [0.2, 0.25) is 5.95 Å². The Hall–Kier alpha value is -8.95. The highest BCUT2D eigenvalue weighted by Crippen LogP contribution is 2.61. The topological polar surface area (TPSA) is 91.1 Å². The molecular formula is C55H33N7O2. The molecule has 6 heterocycles. The summed E-state index contributed by atoms with van der Waals surface area (Å²) < 4.78 is 15.9. The van der Waals surface area contributed by atoms with Gasteiger partial charge in [-0.2, -0.15) is 9.97 Å². The molecule has 0 aliphatic carbocycles. The van der Waals surface area contributed by atoms with Crippen molar-refractivity contribution in [3.8, 4) is 85.1 Å². The molecule has 0 radical (unpaired) electrons. The third kappa shape index (κ3) is 5.83. The summed E-state index contributed by atoms with van der Waals surface area (Å²) >= 11 is 0. The van der Waals surface area contributed by atoms with Gasteiger partial charge in [0, 0.05) is 46.7 Å². The van der Waals surface area contributed by atoms with E-state index in [2.05, 4.69) is 110 Å². The minimum atomic E-state index is 0.543. The van der Waals surface area contributed by atoms with Crippen LogP contribution in [-0.2, 0) is 0 Å². The van der Waals surface area contributed by atoms with E-state index in [4.69, 9.17) is 24.4 Å². The second kappa shape index (κ2) is 14.3. The molecular weight excluding hydrogens is 791 g/mol. The van der Waals surface area contributed by atoms with Gasteiger partial charge in [-0.1, -0.05) is 97.1 Å². The van der Waals surface area contributed by atoms with E-state index >= 15 is 0 Å². The Morgan fingerprint density at radius 2 is 0.828 bits per heavy atom. The molecule has 0 fully saturated rings. The summed E-state index contributed by atoms with van der Waals surface area (Å²) in [5, 5.41) is 2.14. The lowest BCUT2D eigenvalue weighted by Gasteiger charge is -2.38. The quantitative estimate of drug-likeness (QED) is 0.164. The molecule has 0 bridgehead atoms. The Morgan fingerprint density at radius 3 is 1.41 bits per heavy atom. The van der Waals surface area contributed by atoms with Crippen molar-refractivity contribution < 1.29 is 9.47 Å². The number of hydrogen-bond acceptors (Lipinski definition) is 8. The summed E-state index contributed by atoms with van der Waals surface area (Å²) in [4.78, 5) is 25.9. The van der Waals surface area contributed by atoms with E-state index in [0.717, 1.165) is 94.9 Å². The first kappa shape index (κ1) is 35.8. The summed E-state index contributed by atoms with van der Waals surface area (Å²) in [6.07, 6.45) is 7.24. The Bertz CT molecular complexity index is 3450. The van der Waals surface area contributed by atoms with Gasteiger partial charge in [0.25, 0.3) is 0 Å². The van der Waals surface area contributed by atoms with Crippen molar-refractivity contribution in [2.75, 3.05) is 4.90 Å². The zero-order valence-electron chi connectivity index (χ0n) is 34.0. The minimum absolute atomic E-state index is 0.543. The van der Waals surface area contributed by atoms with Crippen LogP contribution in [0.4, 0.5) is 17.1 Å². The first-order valence-corrected chi connectivity index (χ1v) is 21.0. The van der Waals surface area contributed by atoms with Crippen molar-refractivity contribution in [1.82, 2.24) is 29.5 Å². The van der Waals surface area contributed by atoms with E-state index in [1.165, 1.54) is 0 Å². The third-order valence-electron chi connectivity index (χ3n) is 12.0. The summed E-state index contributed by atoms with van der Waals surface area (Å²) in [7, 11) is 0. The van der Waals surface area contributed by atoms with Crippen LogP contribution in [0.2, 0.25) is 0 Å². The molecule has 9 heteroatoms. The Morgan fingerprint density at radius 1 is 0.344 bits per heavy atom. The van der Waals surface area contributed by atoms with E-state index in [0.29, 0.717) is 29.1 Å². The molecule has 0 saturated carbocycles. The third-order valence-corrected chi connectivity index (χ3v) is 12.0. The van der Waals surface area contributed by atoms with E-state index in [-0.39, 0.29) is 0 Å². The molecule has 9 nitrogen and oxygen atoms in total. The van der Waals surface area contributed by atoms with Crippen molar-refractivity contribution in [1.29, 1.82) is 0 Å². The maximum absolute atomic E-state index is 6.90. The normalized spacial score (nSPS) is 12.3. The Kier molecular flexibility index (Phi) is 8.01. The van der Waals surface area contributed by atoms with Gasteiger partial charge in [-0.15, -0.1) is 0 Å². The molecule has 300 valence electrons. The highest BCUT2D eigenvalue weighted by atomic mass is 16.5. The second-order valence-electron chi connectivity index (χ2n) is 15.8. The van der Waals surface area contributed by atoms with Crippen LogP contribution in [-0.4, -0.2) is 29.5 Å². The summed E-state index contributed by atoms with van der Waals surface area (Å²) in [5.41, 5.74) is 12.7. The molecule has 13 rings (SSSR count). The molecule has 64 heavy (non-hydrogen) atoms. The highest BCUT2D eigenvalue weighted by Gasteiger charge is 2.36. The molecule has 0 spiro atoms. The minimum Gasteiger partial charge on any atom is -0.453 e. The first-order chi connectivity index (χ1) is 31.7. The van der Waals surface area contributed by atoms with Crippen molar-refractivity contribution >= 4 is 38.9 Å². The van der Waals surface area contributed by atoms with Crippen LogP contribution in [0.25, 0.3) is 83.9 Å². The lowest BCUT2D eigenvalue weighted by Crippen LogP contribution is -2.20. The molecule has 11 aromatic rings. The Labute approximate surface area is 367 Å². The first-order valence-electron chi connectivity index (χ1n) is 21.0. The molecule has 0 amide bonds. The van der Waals surface area contributed by atoms with Gasteiger partial charge >= 0.3 is 0 Å². The van der Waals surface area contributed by atoms with E-state index in [1.807, 2.05) is 110 Å². The molecule has 0 saturated heterocycles. The number of hydrogen-bond donors (Lipinski definition) is 0. The molecule has 0 unspecified atom stereocenters. The van der Waals surface area contributed by atoms with Gasteiger partial charge in [-0.25, -0.2) is 4.98 Å². The monoisotopic (exact) mass is 823 g/mol. The number of ether oxygens (including phenoxy) is 2. The number of pyridine rings is 2. The van der Waals surface area contributed by atoms with Gasteiger partial charge in [-0.05, 0) is 112 Å². The maximum Gasteiger partial charge on any atom is 0.238 e. The molecule has 0 atom stereocenters. The molecule has 2 aliphatic heterocycles. The number of fused-ring (bicyclic) bond motifs is 7. The van der Waals surface area contributed by atoms with Gasteiger partial charge < -0.3 is 9.47 Å². The standard InChI is InChI=1S/C55H33N7O2/c1-3-9-36(10-4-1)53-58-54(37-11-5-2-6-12-37)60-55(59-53)62-44-14-8-7-13-42(44)43-29-38(15-18-45(43)62)41-32-50-52-51(33-41)64-49-31-40(35-23-27-57-28-24-35)17-20-47(49)61(52)46-19-16-39(30-48(46)63-50)34-21-25-56-26-22-34/h1-33H. The van der Waals surface area contributed by atoms with Crippen LogP contribution < -0.4 is 14.4 Å². The number of aromatic nitrogens is 6. The van der Waals surface area contributed by atoms with Crippen LogP contribution >= 0.6 is 0 Å². The van der Waals surface area contributed by atoms with Crippen molar-refractivity contribution in [2.45, 2.75) is 0 Å². The summed E-state index contributed by atoms with van der Waals surface area (Å²) in [6.45, 7) is 0.